The summed E-state index contributed by atoms with van der Waals surface area (Å²) in [6.07, 6.45) is -1.45. The monoisotopic (exact) mass is 572 g/mol. The number of alkyl halides is 3. The lowest BCUT2D eigenvalue weighted by Crippen LogP contribution is -2.47. The van der Waals surface area contributed by atoms with Crippen molar-refractivity contribution in [2.45, 2.75) is 19.6 Å². The Morgan fingerprint density at radius 1 is 1.10 bits per heavy atom. The maximum atomic E-state index is 13.6. The molecule has 3 aromatic rings. The molecule has 12 heteroatoms. The highest BCUT2D eigenvalue weighted by molar-refractivity contribution is 5.97. The van der Waals surface area contributed by atoms with Crippen molar-refractivity contribution in [2.24, 2.45) is 0 Å². The Balaban J connectivity index is 1.49. The Hall–Kier alpha value is -3.48. The quantitative estimate of drug-likeness (QED) is 0.466. The van der Waals surface area contributed by atoms with Crippen molar-refractivity contribution in [3.8, 4) is 0 Å². The number of aromatic nitrogens is 2. The molecule has 1 amide bonds. The lowest BCUT2D eigenvalue weighted by atomic mass is 10.0. The molecule has 0 bridgehead atoms. The number of morpholine rings is 1. The predicted octanol–water partition coefficient (Wildman–Crippen LogP) is 2.59. The van der Waals surface area contributed by atoms with Gasteiger partial charge in [0.15, 0.2) is 0 Å². The number of piperazine rings is 1. The van der Waals surface area contributed by atoms with Crippen LogP contribution < -0.4 is 15.6 Å². The van der Waals surface area contributed by atoms with E-state index in [1.165, 1.54) is 19.2 Å². The minimum atomic E-state index is -4.49. The zero-order valence-electron chi connectivity index (χ0n) is 23.3. The Bertz CT molecular complexity index is 1460. The number of fused-ring (bicyclic) bond motifs is 1. The van der Waals surface area contributed by atoms with Crippen molar-refractivity contribution >= 4 is 22.6 Å². The van der Waals surface area contributed by atoms with Crippen LogP contribution in [-0.4, -0.2) is 97.9 Å². The Labute approximate surface area is 236 Å². The van der Waals surface area contributed by atoms with Crippen LogP contribution in [0.1, 0.15) is 27.0 Å². The van der Waals surface area contributed by atoms with E-state index in [9.17, 15) is 22.8 Å². The Kier molecular flexibility index (Phi) is 8.62. The second-order valence-electron chi connectivity index (χ2n) is 10.6. The molecule has 1 N–H and O–H groups in total. The highest BCUT2D eigenvalue weighted by Gasteiger charge is 2.33. The fourth-order valence-corrected chi connectivity index (χ4v) is 5.37. The molecule has 0 spiro atoms. The number of anilines is 1. The first-order chi connectivity index (χ1) is 19.6. The lowest BCUT2D eigenvalue weighted by molar-refractivity contribution is -0.138. The third kappa shape index (κ3) is 6.55. The van der Waals surface area contributed by atoms with Gasteiger partial charge in [-0.15, -0.1) is 0 Å². The summed E-state index contributed by atoms with van der Waals surface area (Å²) in [5.74, 6) is -0.528. The first-order valence-corrected chi connectivity index (χ1v) is 13.8. The molecule has 0 atom stereocenters. The van der Waals surface area contributed by atoms with Gasteiger partial charge in [0.1, 0.15) is 11.1 Å². The van der Waals surface area contributed by atoms with Gasteiger partial charge in [-0.2, -0.15) is 13.2 Å². The van der Waals surface area contributed by atoms with Crippen molar-refractivity contribution in [1.82, 2.24) is 24.7 Å². The van der Waals surface area contributed by atoms with Gasteiger partial charge in [-0.3, -0.25) is 14.5 Å². The van der Waals surface area contributed by atoms with Gasteiger partial charge < -0.3 is 24.4 Å². The molecule has 2 aliphatic rings. The molecule has 9 nitrogen and oxygen atoms in total. The number of nitrogens with zero attached hydrogens (tertiary/aromatic N) is 5. The number of hydrogen-bond donors (Lipinski definition) is 1. The van der Waals surface area contributed by atoms with E-state index in [1.54, 1.807) is 16.8 Å². The highest BCUT2D eigenvalue weighted by atomic mass is 19.4. The number of nitrogens with one attached hydrogen (secondary N) is 1. The van der Waals surface area contributed by atoms with Crippen LogP contribution >= 0.6 is 0 Å². The number of amides is 1. The second kappa shape index (κ2) is 12.2. The topological polar surface area (TPSA) is 82.9 Å². The van der Waals surface area contributed by atoms with E-state index in [-0.39, 0.29) is 23.2 Å². The number of rotatable bonds is 7. The van der Waals surface area contributed by atoms with E-state index < -0.39 is 23.1 Å². The Morgan fingerprint density at radius 3 is 2.54 bits per heavy atom. The number of likely N-dealkylation sites (N-methyl/N-ethyl adjacent to an activating group) is 1. The smallest absolute Gasteiger partial charge is 0.378 e. The SMILES string of the molecule is Cc1c(Cn2cc(C(=O)NCCN3CCN(C)CC3)c(=O)c3ncc(N4CCOCC4)cc32)cccc1C(F)(F)F. The molecule has 2 aromatic heterocycles. The zero-order chi connectivity index (χ0) is 29.1. The summed E-state index contributed by atoms with van der Waals surface area (Å²) >= 11 is 0. The van der Waals surface area contributed by atoms with Gasteiger partial charge >= 0.3 is 6.18 Å². The molecule has 220 valence electrons. The third-order valence-corrected chi connectivity index (χ3v) is 7.93. The number of carbonyl (C=O) groups excluding carboxylic acids is 1. The number of halogens is 3. The van der Waals surface area contributed by atoms with Gasteiger partial charge in [0, 0.05) is 65.1 Å². The normalized spacial score (nSPS) is 17.2. The summed E-state index contributed by atoms with van der Waals surface area (Å²) in [5.41, 5.74) is 0.539. The minimum Gasteiger partial charge on any atom is -0.378 e. The summed E-state index contributed by atoms with van der Waals surface area (Å²) in [5, 5.41) is 2.85. The van der Waals surface area contributed by atoms with E-state index in [2.05, 4.69) is 32.0 Å². The fraction of sp³-hybridized carbons (Fsp3) is 0.483. The van der Waals surface area contributed by atoms with Crippen LogP contribution in [0.25, 0.3) is 11.0 Å². The molecular weight excluding hydrogens is 537 g/mol. The Morgan fingerprint density at radius 2 is 1.83 bits per heavy atom. The van der Waals surface area contributed by atoms with Crippen LogP contribution in [-0.2, 0) is 17.5 Å². The van der Waals surface area contributed by atoms with Crippen molar-refractivity contribution in [2.75, 3.05) is 77.5 Å². The summed E-state index contributed by atoms with van der Waals surface area (Å²) in [6.45, 7) is 8.63. The van der Waals surface area contributed by atoms with Crippen LogP contribution in [0.2, 0.25) is 0 Å². The van der Waals surface area contributed by atoms with Crippen LogP contribution in [0.5, 0.6) is 0 Å². The molecule has 5 rings (SSSR count). The molecule has 0 unspecified atom stereocenters. The number of pyridine rings is 2. The molecule has 41 heavy (non-hydrogen) atoms. The minimum absolute atomic E-state index is 0.0301. The lowest BCUT2D eigenvalue weighted by Gasteiger charge is -2.32. The van der Waals surface area contributed by atoms with Crippen molar-refractivity contribution < 1.29 is 22.7 Å². The summed E-state index contributed by atoms with van der Waals surface area (Å²) in [4.78, 5) is 37.7. The van der Waals surface area contributed by atoms with E-state index in [4.69, 9.17) is 4.74 Å². The molecule has 2 aliphatic heterocycles. The van der Waals surface area contributed by atoms with E-state index in [1.807, 2.05) is 6.07 Å². The van der Waals surface area contributed by atoms with Gasteiger partial charge in [-0.25, -0.2) is 4.98 Å². The van der Waals surface area contributed by atoms with Crippen LogP contribution in [0.4, 0.5) is 18.9 Å². The second-order valence-corrected chi connectivity index (χ2v) is 10.6. The van der Waals surface area contributed by atoms with Crippen LogP contribution in [0, 0.1) is 6.92 Å². The van der Waals surface area contributed by atoms with Gasteiger partial charge in [0.05, 0.1) is 36.2 Å². The van der Waals surface area contributed by atoms with Gasteiger partial charge in [-0.1, -0.05) is 12.1 Å². The summed E-state index contributed by atoms with van der Waals surface area (Å²) in [6, 6.07) is 5.87. The number of ether oxygens (including phenoxy) is 1. The van der Waals surface area contributed by atoms with E-state index >= 15 is 0 Å². The average Bonchev–Trinajstić information content (AvgIpc) is 2.96. The summed E-state index contributed by atoms with van der Waals surface area (Å²) in [7, 11) is 2.07. The highest BCUT2D eigenvalue weighted by Crippen LogP contribution is 2.33. The standard InChI is InChI=1S/C29H35F3N6O3/c1-20-21(4-3-5-24(20)29(30,31)32)18-38-19-23(28(40)33-6-7-36-10-8-35(2)9-11-36)27(39)26-25(38)16-22(17-34-26)37-12-14-41-15-13-37/h3-5,16-17,19H,6-15,18H2,1-2H3,(H,33,40). The van der Waals surface area contributed by atoms with Gasteiger partial charge in [0.2, 0.25) is 5.43 Å². The molecule has 0 saturated carbocycles. The van der Waals surface area contributed by atoms with E-state index in [0.29, 0.717) is 50.5 Å². The molecular formula is C29H35F3N6O3. The number of benzene rings is 1. The molecule has 0 radical (unpaired) electrons. The van der Waals surface area contributed by atoms with Gasteiger partial charge in [0.25, 0.3) is 5.91 Å². The predicted molar refractivity (Wildman–Crippen MR) is 151 cm³/mol. The fourth-order valence-electron chi connectivity index (χ4n) is 5.37. The van der Waals surface area contributed by atoms with Crippen LogP contribution in [0.15, 0.2) is 41.5 Å². The van der Waals surface area contributed by atoms with Crippen LogP contribution in [0.3, 0.4) is 0 Å². The number of hydrogen-bond acceptors (Lipinski definition) is 7. The van der Waals surface area contributed by atoms with Gasteiger partial charge in [-0.05, 0) is 37.2 Å². The van der Waals surface area contributed by atoms with Crippen molar-refractivity contribution in [1.29, 1.82) is 0 Å². The molecule has 0 aliphatic carbocycles. The maximum absolute atomic E-state index is 13.6. The largest absolute Gasteiger partial charge is 0.416 e. The maximum Gasteiger partial charge on any atom is 0.416 e. The summed E-state index contributed by atoms with van der Waals surface area (Å²) < 4.78 is 48.0. The molecule has 1 aromatic carbocycles. The molecule has 4 heterocycles. The first-order valence-electron chi connectivity index (χ1n) is 13.8. The zero-order valence-corrected chi connectivity index (χ0v) is 23.3. The van der Waals surface area contributed by atoms with E-state index in [0.717, 1.165) is 37.9 Å². The van der Waals surface area contributed by atoms with Crippen molar-refractivity contribution in [3.63, 3.8) is 0 Å². The first kappa shape index (κ1) is 29.0. The third-order valence-electron chi connectivity index (χ3n) is 7.93. The average molecular weight is 573 g/mol. The van der Waals surface area contributed by atoms with Crippen molar-refractivity contribution in [3.05, 3.63) is 69.1 Å². The molecule has 2 fully saturated rings. The molecule has 2 saturated heterocycles. The number of carbonyl (C=O) groups is 1.